The van der Waals surface area contributed by atoms with Crippen LogP contribution in [0.2, 0.25) is 0 Å². The average Bonchev–Trinajstić information content (AvgIpc) is 3.20. The van der Waals surface area contributed by atoms with Crippen LogP contribution < -0.4 is 10.1 Å². The SMILES string of the molecule is O=c1c(=Cc2ccc(F)cc2)sc2nc(-c3cccs3)nn12. The van der Waals surface area contributed by atoms with Crippen molar-refractivity contribution in [3.05, 3.63) is 68.0 Å². The topological polar surface area (TPSA) is 47.3 Å². The van der Waals surface area contributed by atoms with E-state index >= 15 is 0 Å². The average molecular weight is 329 g/mol. The fourth-order valence-corrected chi connectivity index (χ4v) is 3.61. The van der Waals surface area contributed by atoms with Crippen molar-refractivity contribution in [2.24, 2.45) is 0 Å². The predicted octanol–water partition coefficient (Wildman–Crippen LogP) is 2.57. The molecule has 4 nitrogen and oxygen atoms in total. The van der Waals surface area contributed by atoms with E-state index in [1.54, 1.807) is 18.2 Å². The monoisotopic (exact) mass is 329 g/mol. The van der Waals surface area contributed by atoms with E-state index in [2.05, 4.69) is 10.1 Å². The normalized spacial score (nSPS) is 12.3. The molecule has 0 aliphatic heterocycles. The highest BCUT2D eigenvalue weighted by atomic mass is 32.1. The molecule has 3 aromatic heterocycles. The Morgan fingerprint density at radius 3 is 2.68 bits per heavy atom. The molecule has 0 N–H and O–H groups in total. The largest absolute Gasteiger partial charge is 0.291 e. The third-order valence-corrected chi connectivity index (χ3v) is 4.92. The summed E-state index contributed by atoms with van der Waals surface area (Å²) in [5, 5.41) is 6.21. The van der Waals surface area contributed by atoms with Crippen LogP contribution >= 0.6 is 22.7 Å². The van der Waals surface area contributed by atoms with E-state index in [4.69, 9.17) is 0 Å². The van der Waals surface area contributed by atoms with Gasteiger partial charge in [0, 0.05) is 0 Å². The Morgan fingerprint density at radius 2 is 2.00 bits per heavy atom. The molecule has 0 aliphatic rings. The van der Waals surface area contributed by atoms with Gasteiger partial charge in [-0.25, -0.2) is 4.39 Å². The lowest BCUT2D eigenvalue weighted by Crippen LogP contribution is -2.23. The zero-order valence-electron chi connectivity index (χ0n) is 11.1. The molecule has 0 unspecified atom stereocenters. The third-order valence-electron chi connectivity index (χ3n) is 3.09. The highest BCUT2D eigenvalue weighted by Crippen LogP contribution is 2.21. The van der Waals surface area contributed by atoms with Crippen molar-refractivity contribution in [1.29, 1.82) is 0 Å². The molecule has 22 heavy (non-hydrogen) atoms. The van der Waals surface area contributed by atoms with E-state index in [0.29, 0.717) is 15.3 Å². The molecule has 0 amide bonds. The molecular formula is C15H8FN3OS2. The van der Waals surface area contributed by atoms with E-state index in [1.807, 2.05) is 17.5 Å². The zero-order chi connectivity index (χ0) is 15.1. The summed E-state index contributed by atoms with van der Waals surface area (Å²) in [6.45, 7) is 0. The summed E-state index contributed by atoms with van der Waals surface area (Å²) in [4.78, 5) is 18.2. The molecule has 7 heteroatoms. The number of hydrogen-bond donors (Lipinski definition) is 0. The molecule has 1 aromatic carbocycles. The first-order chi connectivity index (χ1) is 10.7. The number of hydrogen-bond acceptors (Lipinski definition) is 5. The van der Waals surface area contributed by atoms with Gasteiger partial charge in [-0.15, -0.1) is 16.4 Å². The zero-order valence-corrected chi connectivity index (χ0v) is 12.7. The summed E-state index contributed by atoms with van der Waals surface area (Å²) in [6, 6.07) is 9.81. The highest BCUT2D eigenvalue weighted by Gasteiger charge is 2.12. The van der Waals surface area contributed by atoms with Crippen molar-refractivity contribution < 1.29 is 4.39 Å². The van der Waals surface area contributed by atoms with Crippen LogP contribution in [0.3, 0.4) is 0 Å². The Kier molecular flexibility index (Phi) is 3.09. The van der Waals surface area contributed by atoms with Gasteiger partial charge in [0.05, 0.1) is 9.41 Å². The number of fused-ring (bicyclic) bond motifs is 1. The van der Waals surface area contributed by atoms with Crippen molar-refractivity contribution in [2.75, 3.05) is 0 Å². The lowest BCUT2D eigenvalue weighted by molar-refractivity contribution is 0.628. The third kappa shape index (κ3) is 2.24. The van der Waals surface area contributed by atoms with Gasteiger partial charge in [-0.3, -0.25) is 4.79 Å². The molecule has 4 aromatic rings. The van der Waals surface area contributed by atoms with Crippen molar-refractivity contribution in [2.45, 2.75) is 0 Å². The highest BCUT2D eigenvalue weighted by molar-refractivity contribution is 7.15. The standard InChI is InChI=1S/C15H8FN3OS2/c16-10-5-3-9(4-6-10)8-12-14(20)19-15(22-12)17-13(18-19)11-2-1-7-21-11/h1-8H. The van der Waals surface area contributed by atoms with Gasteiger partial charge in [0.15, 0.2) is 5.82 Å². The number of thiophene rings is 1. The maximum absolute atomic E-state index is 12.9. The molecule has 3 heterocycles. The van der Waals surface area contributed by atoms with Crippen molar-refractivity contribution in [3.8, 4) is 10.7 Å². The van der Waals surface area contributed by atoms with Gasteiger partial charge in [-0.2, -0.15) is 9.50 Å². The summed E-state index contributed by atoms with van der Waals surface area (Å²) >= 11 is 2.80. The molecule has 0 saturated carbocycles. The fourth-order valence-electron chi connectivity index (χ4n) is 2.05. The smallest absolute Gasteiger partial charge is 0.266 e. The molecule has 0 atom stereocenters. The van der Waals surface area contributed by atoms with E-state index in [-0.39, 0.29) is 11.4 Å². The number of thiazole rings is 1. The van der Waals surface area contributed by atoms with Gasteiger partial charge in [-0.05, 0) is 35.2 Å². The van der Waals surface area contributed by atoms with Gasteiger partial charge in [0.1, 0.15) is 5.82 Å². The van der Waals surface area contributed by atoms with Gasteiger partial charge < -0.3 is 0 Å². The van der Waals surface area contributed by atoms with Crippen molar-refractivity contribution in [3.63, 3.8) is 0 Å². The van der Waals surface area contributed by atoms with Crippen LogP contribution in [0.5, 0.6) is 0 Å². The second-order valence-corrected chi connectivity index (χ2v) is 6.53. The summed E-state index contributed by atoms with van der Waals surface area (Å²) in [5.74, 6) is 0.259. The number of rotatable bonds is 2. The fraction of sp³-hybridized carbons (Fsp3) is 0. The van der Waals surface area contributed by atoms with Crippen molar-refractivity contribution in [1.82, 2.24) is 14.6 Å². The lowest BCUT2D eigenvalue weighted by atomic mass is 10.2. The Morgan fingerprint density at radius 1 is 1.18 bits per heavy atom. The Balaban J connectivity index is 1.84. The summed E-state index contributed by atoms with van der Waals surface area (Å²) < 4.78 is 14.7. The van der Waals surface area contributed by atoms with Gasteiger partial charge >= 0.3 is 0 Å². The first-order valence-electron chi connectivity index (χ1n) is 6.41. The number of nitrogens with zero attached hydrogens (tertiary/aromatic N) is 3. The predicted molar refractivity (Wildman–Crippen MR) is 85.6 cm³/mol. The Labute approximate surface area is 131 Å². The second-order valence-electron chi connectivity index (χ2n) is 4.57. The maximum atomic E-state index is 12.9. The molecule has 0 saturated heterocycles. The van der Waals surface area contributed by atoms with E-state index in [1.165, 1.54) is 39.3 Å². The first kappa shape index (κ1) is 13.3. The van der Waals surface area contributed by atoms with Gasteiger partial charge in [0.25, 0.3) is 5.56 Å². The minimum atomic E-state index is -0.303. The van der Waals surface area contributed by atoms with Crippen LogP contribution in [0.15, 0.2) is 46.6 Å². The number of aromatic nitrogens is 3. The van der Waals surface area contributed by atoms with E-state index < -0.39 is 0 Å². The van der Waals surface area contributed by atoms with Crippen LogP contribution in [0.1, 0.15) is 5.56 Å². The molecule has 0 fully saturated rings. The molecule has 0 radical (unpaired) electrons. The lowest BCUT2D eigenvalue weighted by Gasteiger charge is -1.90. The maximum Gasteiger partial charge on any atom is 0.291 e. The van der Waals surface area contributed by atoms with E-state index in [0.717, 1.165) is 10.4 Å². The molecule has 4 rings (SSSR count). The summed E-state index contributed by atoms with van der Waals surface area (Å²) in [5.41, 5.74) is 0.557. The van der Waals surface area contributed by atoms with Crippen LogP contribution in [-0.2, 0) is 0 Å². The molecule has 108 valence electrons. The van der Waals surface area contributed by atoms with Crippen LogP contribution in [0.25, 0.3) is 21.7 Å². The summed E-state index contributed by atoms with van der Waals surface area (Å²) in [6.07, 6.45) is 1.72. The first-order valence-corrected chi connectivity index (χ1v) is 8.11. The molecular weight excluding hydrogens is 321 g/mol. The van der Waals surface area contributed by atoms with Crippen LogP contribution in [0, 0.1) is 5.82 Å². The Bertz CT molecular complexity index is 1050. The minimum absolute atomic E-state index is 0.209. The minimum Gasteiger partial charge on any atom is -0.266 e. The van der Waals surface area contributed by atoms with Crippen LogP contribution in [-0.4, -0.2) is 14.6 Å². The van der Waals surface area contributed by atoms with Crippen LogP contribution in [0.4, 0.5) is 4.39 Å². The molecule has 0 aliphatic carbocycles. The Hall–Kier alpha value is -2.38. The number of benzene rings is 1. The summed E-state index contributed by atoms with van der Waals surface area (Å²) in [7, 11) is 0. The van der Waals surface area contributed by atoms with E-state index in [9.17, 15) is 9.18 Å². The number of halogens is 1. The van der Waals surface area contributed by atoms with Crippen molar-refractivity contribution >= 4 is 33.7 Å². The van der Waals surface area contributed by atoms with Gasteiger partial charge in [0.2, 0.25) is 4.96 Å². The quantitative estimate of drug-likeness (QED) is 0.568. The van der Waals surface area contributed by atoms with Gasteiger partial charge in [-0.1, -0.05) is 29.5 Å². The molecule has 0 bridgehead atoms. The molecule has 0 spiro atoms. The second kappa shape index (κ2) is 5.11.